The van der Waals surface area contributed by atoms with Crippen LogP contribution in [0, 0.1) is 0 Å². The number of Topliss-reactive ketones (excluding diaryl/α,β-unsaturated/α-hetero) is 1. The number of hydrogen-bond acceptors (Lipinski definition) is 3. The van der Waals surface area contributed by atoms with Crippen LogP contribution in [-0.4, -0.2) is 15.6 Å². The summed E-state index contributed by atoms with van der Waals surface area (Å²) in [5, 5.41) is 4.39. The molecule has 100 valence electrons. The normalized spacial score (nSPS) is 13.8. The van der Waals surface area contributed by atoms with Gasteiger partial charge in [0.15, 0.2) is 5.78 Å². The molecule has 0 aromatic carbocycles. The molecule has 2 heterocycles. The predicted octanol–water partition coefficient (Wildman–Crippen LogP) is 2.96. The predicted molar refractivity (Wildman–Crippen MR) is 77.0 cm³/mol. The quantitative estimate of drug-likeness (QED) is 0.803. The van der Waals surface area contributed by atoms with Gasteiger partial charge in [-0.05, 0) is 43.4 Å². The highest BCUT2D eigenvalue weighted by atomic mass is 32.1. The van der Waals surface area contributed by atoms with Crippen LogP contribution in [0.3, 0.4) is 0 Å². The summed E-state index contributed by atoms with van der Waals surface area (Å²) >= 11 is 1.69. The van der Waals surface area contributed by atoms with Crippen molar-refractivity contribution in [3.05, 3.63) is 38.8 Å². The van der Waals surface area contributed by atoms with E-state index < -0.39 is 0 Å². The van der Waals surface area contributed by atoms with Crippen LogP contribution in [0.4, 0.5) is 0 Å². The van der Waals surface area contributed by atoms with Crippen LogP contribution in [0.25, 0.3) is 0 Å². The van der Waals surface area contributed by atoms with Crippen molar-refractivity contribution in [1.82, 2.24) is 9.78 Å². The molecular weight excluding hydrogens is 256 g/mol. The fourth-order valence-corrected chi connectivity index (χ4v) is 3.82. The molecule has 0 fully saturated rings. The van der Waals surface area contributed by atoms with E-state index in [1.807, 2.05) is 17.8 Å². The molecule has 0 unspecified atom stereocenters. The highest BCUT2D eigenvalue weighted by Crippen LogP contribution is 2.31. The fourth-order valence-electron chi connectivity index (χ4n) is 2.63. The number of aromatic nitrogens is 2. The highest BCUT2D eigenvalue weighted by molar-refractivity contribution is 7.14. The molecule has 2 aromatic heterocycles. The molecule has 19 heavy (non-hydrogen) atoms. The monoisotopic (exact) mass is 274 g/mol. The van der Waals surface area contributed by atoms with E-state index in [4.69, 9.17) is 0 Å². The summed E-state index contributed by atoms with van der Waals surface area (Å²) in [7, 11) is 1.91. The summed E-state index contributed by atoms with van der Waals surface area (Å²) in [6, 6.07) is 4.14. The molecule has 0 saturated carbocycles. The van der Waals surface area contributed by atoms with Gasteiger partial charge < -0.3 is 0 Å². The van der Waals surface area contributed by atoms with Gasteiger partial charge in [0.2, 0.25) is 0 Å². The molecule has 0 radical (unpaired) electrons. The van der Waals surface area contributed by atoms with Gasteiger partial charge >= 0.3 is 0 Å². The SMILES string of the molecule is CCc1cc(CC(=O)c2cc3c(s2)CCC3)n(C)n1. The van der Waals surface area contributed by atoms with Gasteiger partial charge in [0.25, 0.3) is 0 Å². The van der Waals surface area contributed by atoms with Crippen molar-refractivity contribution in [2.24, 2.45) is 7.05 Å². The minimum Gasteiger partial charge on any atom is -0.293 e. The molecule has 0 saturated heterocycles. The standard InChI is InChI=1S/C15H18N2OS/c1-3-11-8-12(17(2)16-11)9-13(18)15-7-10-5-4-6-14(10)19-15/h7-8H,3-6,9H2,1-2H3. The number of thiophene rings is 1. The van der Waals surface area contributed by atoms with Crippen LogP contribution in [0.5, 0.6) is 0 Å². The molecular formula is C15H18N2OS. The second-order valence-electron chi connectivity index (χ2n) is 5.12. The van der Waals surface area contributed by atoms with Gasteiger partial charge in [0, 0.05) is 17.6 Å². The van der Waals surface area contributed by atoms with E-state index in [1.165, 1.54) is 16.9 Å². The molecule has 0 atom stereocenters. The summed E-state index contributed by atoms with van der Waals surface area (Å²) in [6.07, 6.45) is 4.92. The second-order valence-corrected chi connectivity index (χ2v) is 6.25. The zero-order chi connectivity index (χ0) is 13.4. The van der Waals surface area contributed by atoms with Gasteiger partial charge in [-0.15, -0.1) is 11.3 Å². The number of ketones is 1. The molecule has 4 heteroatoms. The van der Waals surface area contributed by atoms with E-state index in [0.717, 1.165) is 35.5 Å². The van der Waals surface area contributed by atoms with Gasteiger partial charge in [0.1, 0.15) is 0 Å². The van der Waals surface area contributed by atoms with Crippen molar-refractivity contribution >= 4 is 17.1 Å². The van der Waals surface area contributed by atoms with Gasteiger partial charge in [-0.1, -0.05) is 6.92 Å². The van der Waals surface area contributed by atoms with Crippen LogP contribution >= 0.6 is 11.3 Å². The molecule has 0 spiro atoms. The summed E-state index contributed by atoms with van der Waals surface area (Å²) in [6.45, 7) is 2.08. The molecule has 3 rings (SSSR count). The first kappa shape index (κ1) is 12.6. The van der Waals surface area contributed by atoms with Gasteiger partial charge in [-0.3, -0.25) is 9.48 Å². The average Bonchev–Trinajstić information content (AvgIpc) is 3.03. The minimum absolute atomic E-state index is 0.227. The third-order valence-electron chi connectivity index (χ3n) is 3.75. The number of nitrogens with zero attached hydrogens (tertiary/aromatic N) is 2. The Hall–Kier alpha value is -1.42. The lowest BCUT2D eigenvalue weighted by Gasteiger charge is -1.99. The number of aryl methyl sites for hydroxylation is 4. The van der Waals surface area contributed by atoms with Crippen LogP contribution in [0.2, 0.25) is 0 Å². The Bertz CT molecular complexity index is 603. The Morgan fingerprint density at radius 1 is 1.42 bits per heavy atom. The number of carbonyl (C=O) groups excluding carboxylic acids is 1. The van der Waals surface area contributed by atoms with Crippen molar-refractivity contribution in [2.75, 3.05) is 0 Å². The molecule has 3 nitrogen and oxygen atoms in total. The summed E-state index contributed by atoms with van der Waals surface area (Å²) in [5.74, 6) is 0.227. The molecule has 0 bridgehead atoms. The van der Waals surface area contributed by atoms with Gasteiger partial charge in [-0.2, -0.15) is 5.10 Å². The summed E-state index contributed by atoms with van der Waals surface area (Å²) in [4.78, 5) is 14.7. The van der Waals surface area contributed by atoms with E-state index in [2.05, 4.69) is 18.1 Å². The third kappa shape index (κ3) is 2.37. The van der Waals surface area contributed by atoms with Crippen molar-refractivity contribution < 1.29 is 4.79 Å². The fraction of sp³-hybridized carbons (Fsp3) is 0.467. The summed E-state index contributed by atoms with van der Waals surface area (Å²) < 4.78 is 1.83. The Morgan fingerprint density at radius 2 is 2.26 bits per heavy atom. The second kappa shape index (κ2) is 4.93. The largest absolute Gasteiger partial charge is 0.293 e. The number of carbonyl (C=O) groups is 1. The first-order valence-corrected chi connectivity index (χ1v) is 7.65. The zero-order valence-electron chi connectivity index (χ0n) is 11.4. The average molecular weight is 274 g/mol. The van der Waals surface area contributed by atoms with Crippen molar-refractivity contribution in [1.29, 1.82) is 0 Å². The van der Waals surface area contributed by atoms with Crippen molar-refractivity contribution in [3.63, 3.8) is 0 Å². The topological polar surface area (TPSA) is 34.9 Å². The Balaban J connectivity index is 1.78. The van der Waals surface area contributed by atoms with Crippen LogP contribution in [0.1, 0.15) is 44.8 Å². The maximum atomic E-state index is 12.3. The van der Waals surface area contributed by atoms with Crippen molar-refractivity contribution in [2.45, 2.75) is 39.0 Å². The lowest BCUT2D eigenvalue weighted by atomic mass is 10.1. The van der Waals surface area contributed by atoms with E-state index in [-0.39, 0.29) is 5.78 Å². The first-order valence-electron chi connectivity index (χ1n) is 6.84. The zero-order valence-corrected chi connectivity index (χ0v) is 12.2. The minimum atomic E-state index is 0.227. The summed E-state index contributed by atoms with van der Waals surface area (Å²) in [5.41, 5.74) is 3.46. The molecule has 0 amide bonds. The molecule has 1 aliphatic carbocycles. The van der Waals surface area contributed by atoms with Gasteiger partial charge in [0.05, 0.1) is 17.0 Å². The first-order chi connectivity index (χ1) is 9.17. The molecule has 2 aromatic rings. The number of fused-ring (bicyclic) bond motifs is 1. The van der Waals surface area contributed by atoms with E-state index >= 15 is 0 Å². The Labute approximate surface area is 117 Å². The number of rotatable bonds is 4. The highest BCUT2D eigenvalue weighted by Gasteiger charge is 2.19. The Kier molecular flexibility index (Phi) is 3.27. The lowest BCUT2D eigenvalue weighted by molar-refractivity contribution is 0.0994. The maximum absolute atomic E-state index is 12.3. The molecule has 0 aliphatic heterocycles. The lowest BCUT2D eigenvalue weighted by Crippen LogP contribution is -2.06. The van der Waals surface area contributed by atoms with E-state index in [1.54, 1.807) is 11.3 Å². The van der Waals surface area contributed by atoms with Gasteiger partial charge in [-0.25, -0.2) is 0 Å². The number of hydrogen-bond donors (Lipinski definition) is 0. The van der Waals surface area contributed by atoms with Crippen LogP contribution in [-0.2, 0) is 32.7 Å². The van der Waals surface area contributed by atoms with Crippen LogP contribution in [0.15, 0.2) is 12.1 Å². The molecule has 0 N–H and O–H groups in total. The maximum Gasteiger partial charge on any atom is 0.178 e. The van der Waals surface area contributed by atoms with Crippen molar-refractivity contribution in [3.8, 4) is 0 Å². The van der Waals surface area contributed by atoms with Crippen LogP contribution < -0.4 is 0 Å². The third-order valence-corrected chi connectivity index (χ3v) is 5.03. The van der Waals surface area contributed by atoms with E-state index in [9.17, 15) is 4.79 Å². The smallest absolute Gasteiger partial charge is 0.178 e. The van der Waals surface area contributed by atoms with E-state index in [0.29, 0.717) is 6.42 Å². The molecule has 1 aliphatic rings. The Morgan fingerprint density at radius 3 is 2.95 bits per heavy atom.